The third kappa shape index (κ3) is 3.55. The van der Waals surface area contributed by atoms with E-state index in [0.29, 0.717) is 33.5 Å². The first kappa shape index (κ1) is 20.7. The summed E-state index contributed by atoms with van der Waals surface area (Å²) in [7, 11) is -3.86. The number of H-pyrrole nitrogens is 1. The molecule has 9 nitrogen and oxygen atoms in total. The zero-order chi connectivity index (χ0) is 22.5. The zero-order valence-electron chi connectivity index (χ0n) is 17.8. The number of fused-ring (bicyclic) bond motifs is 1. The number of nitrogens with zero attached hydrogens (tertiary/aromatic N) is 3. The van der Waals surface area contributed by atoms with Crippen molar-refractivity contribution >= 4 is 20.9 Å². The van der Waals surface area contributed by atoms with Crippen molar-refractivity contribution in [1.82, 2.24) is 24.4 Å². The summed E-state index contributed by atoms with van der Waals surface area (Å²) in [6, 6.07) is 4.89. The second-order valence-electron chi connectivity index (χ2n) is 8.19. The van der Waals surface area contributed by atoms with E-state index in [1.807, 2.05) is 0 Å². The van der Waals surface area contributed by atoms with Crippen LogP contribution in [0.25, 0.3) is 27.7 Å². The maximum atomic E-state index is 13.5. The van der Waals surface area contributed by atoms with Gasteiger partial charge in [0.1, 0.15) is 11.4 Å². The highest BCUT2D eigenvalue weighted by Crippen LogP contribution is 2.34. The Kier molecular flexibility index (Phi) is 4.98. The van der Waals surface area contributed by atoms with E-state index < -0.39 is 10.0 Å². The average molecular weight is 454 g/mol. The van der Waals surface area contributed by atoms with E-state index in [1.165, 1.54) is 6.33 Å². The minimum atomic E-state index is -3.86. The molecular formula is C22H23N5O4S. The number of aromatic amines is 1. The number of imidazole rings is 1. The Morgan fingerprint density at radius 1 is 1.19 bits per heavy atom. The number of aromatic nitrogens is 4. The van der Waals surface area contributed by atoms with Crippen LogP contribution >= 0.6 is 0 Å². The molecule has 5 rings (SSSR count). The Morgan fingerprint density at radius 3 is 2.62 bits per heavy atom. The summed E-state index contributed by atoms with van der Waals surface area (Å²) in [4.78, 5) is 19.7. The van der Waals surface area contributed by atoms with Gasteiger partial charge in [0.15, 0.2) is 0 Å². The predicted molar refractivity (Wildman–Crippen MR) is 119 cm³/mol. The predicted octanol–water partition coefficient (Wildman–Crippen LogP) is 3.21. The lowest BCUT2D eigenvalue weighted by Gasteiger charge is -2.16. The summed E-state index contributed by atoms with van der Waals surface area (Å²) >= 11 is 0. The number of rotatable bonds is 5. The minimum Gasteiger partial charge on any atom is -0.361 e. The van der Waals surface area contributed by atoms with Gasteiger partial charge >= 0.3 is 0 Å². The number of hydrogen-bond donors (Lipinski definition) is 2. The fourth-order valence-corrected chi connectivity index (χ4v) is 5.99. The molecule has 10 heteroatoms. The van der Waals surface area contributed by atoms with Gasteiger partial charge in [-0.15, -0.1) is 0 Å². The second-order valence-corrected chi connectivity index (χ2v) is 9.87. The number of pyridine rings is 1. The van der Waals surface area contributed by atoms with Crippen LogP contribution in [0.5, 0.6) is 0 Å². The molecule has 0 bridgehead atoms. The maximum absolute atomic E-state index is 13.5. The standard InChI is InChI=1S/C22H23N5O4S/c1-13-21(14(2)31-25-13)15-9-18-17(11-19(22(28)24-18)27-8-7-23-12-27)20(10-15)32(29,30)26-16-5-3-4-6-16/h7-12,16,26H,3-6H2,1-2H3,(H,24,28). The molecule has 3 heterocycles. The van der Waals surface area contributed by atoms with Crippen LogP contribution in [0, 0.1) is 13.8 Å². The normalized spacial score (nSPS) is 15.1. The molecule has 0 unspecified atom stereocenters. The lowest BCUT2D eigenvalue weighted by Crippen LogP contribution is -2.33. The second kappa shape index (κ2) is 7.72. The highest BCUT2D eigenvalue weighted by molar-refractivity contribution is 7.89. The van der Waals surface area contributed by atoms with Crippen LogP contribution in [0.3, 0.4) is 0 Å². The minimum absolute atomic E-state index is 0.0892. The molecule has 0 radical (unpaired) electrons. The first-order valence-corrected chi connectivity index (χ1v) is 12.0. The summed E-state index contributed by atoms with van der Waals surface area (Å²) in [5.74, 6) is 0.575. The van der Waals surface area contributed by atoms with Crippen LogP contribution in [0.4, 0.5) is 0 Å². The molecule has 1 fully saturated rings. The van der Waals surface area contributed by atoms with Gasteiger partial charge in [0.2, 0.25) is 10.0 Å². The number of nitrogens with one attached hydrogen (secondary N) is 2. The van der Waals surface area contributed by atoms with Crippen molar-refractivity contribution in [3.05, 3.63) is 58.7 Å². The van der Waals surface area contributed by atoms with E-state index >= 15 is 0 Å². The van der Waals surface area contributed by atoms with Gasteiger partial charge < -0.3 is 14.1 Å². The van der Waals surface area contributed by atoms with E-state index in [0.717, 1.165) is 25.7 Å². The highest BCUT2D eigenvalue weighted by Gasteiger charge is 2.27. The third-order valence-corrected chi connectivity index (χ3v) is 7.54. The number of aryl methyl sites for hydroxylation is 2. The number of hydrogen-bond acceptors (Lipinski definition) is 6. The molecule has 0 aliphatic heterocycles. The SMILES string of the molecule is Cc1noc(C)c1-c1cc(S(=O)(=O)NC2CCCC2)c2cc(-n3ccnc3)c(=O)[nH]c2c1. The Morgan fingerprint density at radius 2 is 1.97 bits per heavy atom. The number of sulfonamides is 1. The first-order valence-electron chi connectivity index (χ1n) is 10.5. The smallest absolute Gasteiger partial charge is 0.272 e. The van der Waals surface area contributed by atoms with Crippen molar-refractivity contribution in [2.75, 3.05) is 0 Å². The van der Waals surface area contributed by atoms with E-state index in [9.17, 15) is 13.2 Å². The lowest BCUT2D eigenvalue weighted by molar-refractivity contribution is 0.393. The van der Waals surface area contributed by atoms with Gasteiger partial charge in [-0.3, -0.25) is 4.79 Å². The van der Waals surface area contributed by atoms with Gasteiger partial charge in [-0.05, 0) is 50.5 Å². The lowest BCUT2D eigenvalue weighted by atomic mass is 10.0. The van der Waals surface area contributed by atoms with Crippen LogP contribution in [0.15, 0.2) is 51.1 Å². The Hall–Kier alpha value is -3.24. The van der Waals surface area contributed by atoms with Gasteiger partial charge in [-0.25, -0.2) is 18.1 Å². The van der Waals surface area contributed by atoms with Crippen molar-refractivity contribution in [3.8, 4) is 16.8 Å². The zero-order valence-corrected chi connectivity index (χ0v) is 18.6. The molecule has 2 N–H and O–H groups in total. The van der Waals surface area contributed by atoms with Gasteiger partial charge in [-0.1, -0.05) is 18.0 Å². The van der Waals surface area contributed by atoms with Crippen LogP contribution < -0.4 is 10.3 Å². The Balaban J connectivity index is 1.77. The molecule has 32 heavy (non-hydrogen) atoms. The van der Waals surface area contributed by atoms with Crippen molar-refractivity contribution in [2.24, 2.45) is 0 Å². The largest absolute Gasteiger partial charge is 0.361 e. The van der Waals surface area contributed by atoms with Crippen LogP contribution in [-0.4, -0.2) is 34.2 Å². The molecular weight excluding hydrogens is 430 g/mol. The van der Waals surface area contributed by atoms with E-state index in [4.69, 9.17) is 4.52 Å². The van der Waals surface area contributed by atoms with Gasteiger partial charge in [-0.2, -0.15) is 0 Å². The van der Waals surface area contributed by atoms with E-state index in [2.05, 4.69) is 19.8 Å². The molecule has 4 aromatic rings. The maximum Gasteiger partial charge on any atom is 0.272 e. The van der Waals surface area contributed by atoms with Crippen LogP contribution in [0.1, 0.15) is 37.1 Å². The molecule has 1 aliphatic carbocycles. The van der Waals surface area contributed by atoms with E-state index in [1.54, 1.807) is 49.0 Å². The molecule has 0 amide bonds. The first-order chi connectivity index (χ1) is 15.3. The average Bonchev–Trinajstić information content (AvgIpc) is 3.50. The topological polar surface area (TPSA) is 123 Å². The molecule has 166 valence electrons. The monoisotopic (exact) mass is 453 g/mol. The molecule has 0 spiro atoms. The molecule has 0 atom stereocenters. The third-order valence-electron chi connectivity index (χ3n) is 5.98. The molecule has 3 aromatic heterocycles. The summed E-state index contributed by atoms with van der Waals surface area (Å²) in [5, 5.41) is 4.42. The fourth-order valence-electron chi connectivity index (χ4n) is 4.45. The van der Waals surface area contributed by atoms with Gasteiger partial charge in [0.05, 0.1) is 22.4 Å². The summed E-state index contributed by atoms with van der Waals surface area (Å²) in [6.45, 7) is 3.57. The Bertz CT molecular complexity index is 1440. The number of benzene rings is 1. The van der Waals surface area contributed by atoms with Gasteiger partial charge in [0.25, 0.3) is 5.56 Å². The van der Waals surface area contributed by atoms with Crippen LogP contribution in [0.2, 0.25) is 0 Å². The van der Waals surface area contributed by atoms with Crippen molar-refractivity contribution < 1.29 is 12.9 Å². The Labute approximate surface area is 184 Å². The summed E-state index contributed by atoms with van der Waals surface area (Å²) in [6.07, 6.45) is 8.34. The highest BCUT2D eigenvalue weighted by atomic mass is 32.2. The molecule has 0 saturated heterocycles. The van der Waals surface area contributed by atoms with Crippen molar-refractivity contribution in [2.45, 2.75) is 50.5 Å². The summed E-state index contributed by atoms with van der Waals surface area (Å²) in [5.41, 5.74) is 2.33. The van der Waals surface area contributed by atoms with E-state index in [-0.39, 0.29) is 22.2 Å². The summed E-state index contributed by atoms with van der Waals surface area (Å²) < 4.78 is 36.7. The van der Waals surface area contributed by atoms with Crippen molar-refractivity contribution in [3.63, 3.8) is 0 Å². The molecule has 1 saturated carbocycles. The molecule has 1 aromatic carbocycles. The van der Waals surface area contributed by atoms with Crippen molar-refractivity contribution in [1.29, 1.82) is 0 Å². The van der Waals surface area contributed by atoms with Gasteiger partial charge in [0, 0.05) is 29.4 Å². The quantitative estimate of drug-likeness (QED) is 0.478. The van der Waals surface area contributed by atoms with Crippen LogP contribution in [-0.2, 0) is 10.0 Å². The molecule has 1 aliphatic rings. The fraction of sp³-hybridized carbons (Fsp3) is 0.318.